The Bertz CT molecular complexity index is 460. The van der Waals surface area contributed by atoms with E-state index in [-0.39, 0.29) is 11.8 Å². The third kappa shape index (κ3) is 4.67. The number of nitrogens with one attached hydrogen (secondary N) is 2. The number of hydrogen-bond acceptors (Lipinski definition) is 3. The minimum atomic E-state index is -0.521. The Morgan fingerprint density at radius 3 is 2.47 bits per heavy atom. The molecule has 0 bridgehead atoms. The van der Waals surface area contributed by atoms with Crippen LogP contribution in [0.25, 0.3) is 0 Å². The topological polar surface area (TPSA) is 58.2 Å². The second-order valence-electron chi connectivity index (χ2n) is 5.69. The van der Waals surface area contributed by atoms with Crippen molar-refractivity contribution in [2.45, 2.75) is 47.2 Å². The predicted octanol–water partition coefficient (Wildman–Crippen LogP) is 2.22. The van der Waals surface area contributed by atoms with Crippen LogP contribution in [-0.4, -0.2) is 17.9 Å². The van der Waals surface area contributed by atoms with Gasteiger partial charge in [0.15, 0.2) is 0 Å². The molecule has 0 saturated carbocycles. The van der Waals surface area contributed by atoms with Crippen molar-refractivity contribution < 1.29 is 9.59 Å². The molecule has 0 aliphatic heterocycles. The van der Waals surface area contributed by atoms with Crippen LogP contribution in [0, 0.1) is 12.3 Å². The zero-order valence-electron chi connectivity index (χ0n) is 12.2. The van der Waals surface area contributed by atoms with Crippen LogP contribution in [0.4, 0.5) is 0 Å². The normalized spacial score (nSPS) is 12.9. The fourth-order valence-corrected chi connectivity index (χ4v) is 2.23. The number of rotatable bonds is 4. The Morgan fingerprint density at radius 2 is 2.00 bits per heavy atom. The largest absolute Gasteiger partial charge is 0.349 e. The van der Waals surface area contributed by atoms with E-state index in [0.717, 1.165) is 4.88 Å². The molecule has 1 atom stereocenters. The summed E-state index contributed by atoms with van der Waals surface area (Å²) in [4.78, 5) is 24.8. The van der Waals surface area contributed by atoms with E-state index in [1.807, 2.05) is 39.1 Å². The van der Waals surface area contributed by atoms with Gasteiger partial charge < -0.3 is 10.6 Å². The quantitative estimate of drug-likeness (QED) is 0.889. The molecular formula is C14H22N2O2S. The van der Waals surface area contributed by atoms with Crippen molar-refractivity contribution in [3.8, 4) is 0 Å². The average Bonchev–Trinajstić information content (AvgIpc) is 2.70. The van der Waals surface area contributed by atoms with E-state index in [1.165, 1.54) is 5.56 Å². The minimum Gasteiger partial charge on any atom is -0.349 e. The zero-order chi connectivity index (χ0) is 14.6. The molecular weight excluding hydrogens is 260 g/mol. The van der Waals surface area contributed by atoms with Crippen molar-refractivity contribution in [2.75, 3.05) is 0 Å². The first-order valence-corrected chi connectivity index (χ1v) is 7.21. The van der Waals surface area contributed by atoms with Gasteiger partial charge in [-0.25, -0.2) is 0 Å². The van der Waals surface area contributed by atoms with Gasteiger partial charge in [-0.2, -0.15) is 0 Å². The van der Waals surface area contributed by atoms with Crippen LogP contribution in [0.1, 0.15) is 38.1 Å². The summed E-state index contributed by atoms with van der Waals surface area (Å²) in [6.45, 7) is 9.69. The lowest BCUT2D eigenvalue weighted by molar-refractivity contribution is -0.133. The molecule has 1 aromatic heterocycles. The van der Waals surface area contributed by atoms with Crippen LogP contribution in [0.2, 0.25) is 0 Å². The molecule has 2 amide bonds. The second kappa shape index (κ2) is 6.19. The predicted molar refractivity (Wildman–Crippen MR) is 78.0 cm³/mol. The van der Waals surface area contributed by atoms with Crippen LogP contribution in [0.5, 0.6) is 0 Å². The van der Waals surface area contributed by atoms with Gasteiger partial charge in [0.25, 0.3) is 0 Å². The highest BCUT2D eigenvalue weighted by molar-refractivity contribution is 7.10. The van der Waals surface area contributed by atoms with Gasteiger partial charge in [-0.15, -0.1) is 11.3 Å². The van der Waals surface area contributed by atoms with Crippen molar-refractivity contribution in [3.63, 3.8) is 0 Å². The molecule has 1 heterocycles. The summed E-state index contributed by atoms with van der Waals surface area (Å²) in [5.74, 6) is -0.284. The van der Waals surface area contributed by atoms with E-state index in [9.17, 15) is 9.59 Å². The summed E-state index contributed by atoms with van der Waals surface area (Å²) in [7, 11) is 0. The van der Waals surface area contributed by atoms with E-state index < -0.39 is 11.5 Å². The van der Waals surface area contributed by atoms with Gasteiger partial charge in [0.2, 0.25) is 11.8 Å². The van der Waals surface area contributed by atoms with Crippen LogP contribution in [-0.2, 0) is 16.1 Å². The first-order chi connectivity index (χ1) is 8.71. The summed E-state index contributed by atoms with van der Waals surface area (Å²) in [5, 5.41) is 7.56. The molecule has 1 aromatic rings. The van der Waals surface area contributed by atoms with E-state index in [1.54, 1.807) is 18.3 Å². The number of aryl methyl sites for hydroxylation is 1. The maximum absolute atomic E-state index is 11.9. The lowest BCUT2D eigenvalue weighted by Gasteiger charge is -2.21. The molecule has 0 saturated heterocycles. The van der Waals surface area contributed by atoms with Crippen LogP contribution in [0.3, 0.4) is 0 Å². The molecule has 106 valence electrons. The Kier molecular flexibility index (Phi) is 5.11. The molecule has 0 aliphatic carbocycles. The Balaban J connectivity index is 2.46. The third-order valence-corrected chi connectivity index (χ3v) is 3.84. The molecule has 0 aliphatic rings. The van der Waals surface area contributed by atoms with Crippen LogP contribution >= 0.6 is 11.3 Å². The van der Waals surface area contributed by atoms with Crippen molar-refractivity contribution in [2.24, 2.45) is 5.41 Å². The molecule has 0 radical (unpaired) electrons. The van der Waals surface area contributed by atoms with E-state index in [4.69, 9.17) is 0 Å². The van der Waals surface area contributed by atoms with E-state index >= 15 is 0 Å². The summed E-state index contributed by atoms with van der Waals surface area (Å²) in [6.07, 6.45) is 0. The zero-order valence-corrected chi connectivity index (χ0v) is 13.0. The number of hydrogen-bond donors (Lipinski definition) is 2. The van der Waals surface area contributed by atoms with Gasteiger partial charge >= 0.3 is 0 Å². The molecule has 1 rings (SSSR count). The molecule has 0 aromatic carbocycles. The molecule has 1 unspecified atom stereocenters. The van der Waals surface area contributed by atoms with E-state index in [0.29, 0.717) is 6.54 Å². The van der Waals surface area contributed by atoms with Gasteiger partial charge in [-0.3, -0.25) is 9.59 Å². The fraction of sp³-hybridized carbons (Fsp3) is 0.571. The lowest BCUT2D eigenvalue weighted by atomic mass is 9.95. The molecule has 4 nitrogen and oxygen atoms in total. The van der Waals surface area contributed by atoms with Crippen LogP contribution < -0.4 is 10.6 Å². The highest BCUT2D eigenvalue weighted by Crippen LogP contribution is 2.15. The summed E-state index contributed by atoms with van der Waals surface area (Å²) in [5.41, 5.74) is 0.690. The summed E-state index contributed by atoms with van der Waals surface area (Å²) in [6, 6.07) is 1.50. The average molecular weight is 282 g/mol. The third-order valence-electron chi connectivity index (χ3n) is 2.81. The molecule has 0 fully saturated rings. The van der Waals surface area contributed by atoms with Crippen LogP contribution in [0.15, 0.2) is 11.4 Å². The van der Waals surface area contributed by atoms with E-state index in [2.05, 4.69) is 10.6 Å². The lowest BCUT2D eigenvalue weighted by Crippen LogP contribution is -2.48. The second-order valence-corrected chi connectivity index (χ2v) is 6.69. The Morgan fingerprint density at radius 1 is 1.37 bits per heavy atom. The first-order valence-electron chi connectivity index (χ1n) is 6.33. The molecule has 5 heteroatoms. The highest BCUT2D eigenvalue weighted by atomic mass is 32.1. The molecule has 19 heavy (non-hydrogen) atoms. The highest BCUT2D eigenvalue weighted by Gasteiger charge is 2.24. The maximum atomic E-state index is 11.9. The van der Waals surface area contributed by atoms with Gasteiger partial charge in [-0.1, -0.05) is 20.8 Å². The van der Waals surface area contributed by atoms with Crippen molar-refractivity contribution in [1.29, 1.82) is 0 Å². The van der Waals surface area contributed by atoms with Gasteiger partial charge in [-0.05, 0) is 30.9 Å². The summed E-state index contributed by atoms with van der Waals surface area (Å²) >= 11 is 1.62. The number of carbonyl (C=O) groups excluding carboxylic acids is 2. The number of thiophene rings is 1. The molecule has 2 N–H and O–H groups in total. The number of amides is 2. The van der Waals surface area contributed by atoms with Gasteiger partial charge in [0, 0.05) is 10.3 Å². The standard InChI is InChI=1S/C14H22N2O2S/c1-9-6-7-19-11(9)8-15-12(17)10(2)16-13(18)14(3,4)5/h6-7,10H,8H2,1-5H3,(H,15,17)(H,16,18). The maximum Gasteiger partial charge on any atom is 0.242 e. The summed E-state index contributed by atoms with van der Waals surface area (Å²) < 4.78 is 0. The Labute approximate surface area is 118 Å². The van der Waals surface area contributed by atoms with Gasteiger partial charge in [0.1, 0.15) is 6.04 Å². The fourth-order valence-electron chi connectivity index (χ4n) is 1.38. The van der Waals surface area contributed by atoms with Gasteiger partial charge in [0.05, 0.1) is 6.54 Å². The van der Waals surface area contributed by atoms with Crippen molar-refractivity contribution in [1.82, 2.24) is 10.6 Å². The number of carbonyl (C=O) groups is 2. The smallest absolute Gasteiger partial charge is 0.242 e. The minimum absolute atomic E-state index is 0.123. The van der Waals surface area contributed by atoms with Crippen molar-refractivity contribution in [3.05, 3.63) is 21.9 Å². The Hall–Kier alpha value is -1.36. The molecule has 0 spiro atoms. The van der Waals surface area contributed by atoms with Crippen molar-refractivity contribution >= 4 is 23.2 Å². The monoisotopic (exact) mass is 282 g/mol. The first kappa shape index (κ1) is 15.7. The SMILES string of the molecule is Cc1ccsc1CNC(=O)C(C)NC(=O)C(C)(C)C.